The van der Waals surface area contributed by atoms with Crippen LogP contribution in [0.25, 0.3) is 0 Å². The molecule has 0 saturated heterocycles. The molecule has 0 unspecified atom stereocenters. The van der Waals surface area contributed by atoms with Crippen molar-refractivity contribution in [2.24, 2.45) is 0 Å². The maximum Gasteiger partial charge on any atom is 0.416 e. The zero-order valence-electron chi connectivity index (χ0n) is 16.0. The number of alkyl halides is 3. The maximum absolute atomic E-state index is 12.7. The van der Waals surface area contributed by atoms with Gasteiger partial charge < -0.3 is 4.74 Å². The Morgan fingerprint density at radius 3 is 2.37 bits per heavy atom. The van der Waals surface area contributed by atoms with Gasteiger partial charge in [0.2, 0.25) is 5.88 Å². The van der Waals surface area contributed by atoms with Crippen LogP contribution in [0, 0.1) is 0 Å². The third kappa shape index (κ3) is 5.61. The van der Waals surface area contributed by atoms with Gasteiger partial charge in [-0.25, -0.2) is 15.0 Å². The van der Waals surface area contributed by atoms with Crippen LogP contribution in [0.4, 0.5) is 13.2 Å². The highest BCUT2D eigenvalue weighted by atomic mass is 35.5. The summed E-state index contributed by atoms with van der Waals surface area (Å²) in [6.07, 6.45) is 1.78. The Morgan fingerprint density at radius 2 is 1.73 bits per heavy atom. The van der Waals surface area contributed by atoms with E-state index in [4.69, 9.17) is 27.9 Å². The molecule has 3 aromatic rings. The fraction of sp³-hybridized carbons (Fsp3) is 0.286. The molecule has 0 amide bonds. The second kappa shape index (κ2) is 9.62. The summed E-state index contributed by atoms with van der Waals surface area (Å²) in [6, 6.07) is 6.41. The molecule has 0 radical (unpaired) electrons. The fourth-order valence-corrected chi connectivity index (χ4v) is 3.37. The van der Waals surface area contributed by atoms with E-state index in [-0.39, 0.29) is 16.7 Å². The smallest absolute Gasteiger partial charge is 0.416 e. The number of rotatable bonds is 7. The molecule has 2 aromatic heterocycles. The van der Waals surface area contributed by atoms with Crippen molar-refractivity contribution in [1.82, 2.24) is 15.0 Å². The molecule has 2 heterocycles. The van der Waals surface area contributed by atoms with Crippen LogP contribution in [0.1, 0.15) is 35.9 Å². The Labute approximate surface area is 182 Å². The first-order valence-corrected chi connectivity index (χ1v) is 10.0. The standard InChI is InChI=1S/C21H18Cl2F3N3O/c1-2-16-20(23)17(29-12-28-16)5-3-4-13-6-9-19(27-11-13)30-18-8-7-14(10-15(18)22)21(24,25)26/h6-12H,2-5H2,1H3. The van der Waals surface area contributed by atoms with Crippen LogP contribution in [0.5, 0.6) is 11.6 Å². The first kappa shape index (κ1) is 22.3. The molecule has 9 heteroatoms. The van der Waals surface area contributed by atoms with E-state index in [2.05, 4.69) is 15.0 Å². The lowest BCUT2D eigenvalue weighted by Gasteiger charge is -2.11. The van der Waals surface area contributed by atoms with Gasteiger partial charge in [-0.05, 0) is 49.4 Å². The van der Waals surface area contributed by atoms with E-state index in [0.29, 0.717) is 11.4 Å². The SMILES string of the molecule is CCc1ncnc(CCCc2ccc(Oc3ccc(C(F)(F)F)cc3Cl)nc2)c1Cl. The number of aryl methyl sites for hydroxylation is 3. The summed E-state index contributed by atoms with van der Waals surface area (Å²) in [5.41, 5.74) is 1.82. The number of benzene rings is 1. The number of hydrogen-bond acceptors (Lipinski definition) is 4. The molecule has 0 fully saturated rings. The van der Waals surface area contributed by atoms with Gasteiger partial charge in [0, 0.05) is 12.3 Å². The second-order valence-corrected chi connectivity index (χ2v) is 7.32. The lowest BCUT2D eigenvalue weighted by atomic mass is 10.1. The molecule has 1 aromatic carbocycles. The molecule has 0 saturated carbocycles. The largest absolute Gasteiger partial charge is 0.437 e. The van der Waals surface area contributed by atoms with E-state index >= 15 is 0 Å². The molecule has 0 aliphatic rings. The Hall–Kier alpha value is -2.38. The molecular formula is C21H18Cl2F3N3O. The van der Waals surface area contributed by atoms with E-state index in [9.17, 15) is 13.2 Å². The van der Waals surface area contributed by atoms with Crippen LogP contribution in [-0.2, 0) is 25.4 Å². The highest BCUT2D eigenvalue weighted by Crippen LogP contribution is 2.36. The zero-order chi connectivity index (χ0) is 21.7. The van der Waals surface area contributed by atoms with Gasteiger partial charge in [-0.3, -0.25) is 0 Å². The van der Waals surface area contributed by atoms with Gasteiger partial charge in [-0.1, -0.05) is 36.2 Å². The highest BCUT2D eigenvalue weighted by Gasteiger charge is 2.31. The molecule has 0 aliphatic heterocycles. The van der Waals surface area contributed by atoms with E-state index in [0.717, 1.165) is 48.3 Å². The van der Waals surface area contributed by atoms with Crippen LogP contribution >= 0.6 is 23.2 Å². The van der Waals surface area contributed by atoms with Crippen molar-refractivity contribution in [2.45, 2.75) is 38.8 Å². The summed E-state index contributed by atoms with van der Waals surface area (Å²) < 4.78 is 43.6. The molecule has 0 N–H and O–H groups in total. The van der Waals surface area contributed by atoms with Gasteiger partial charge in [0.05, 0.1) is 27.0 Å². The summed E-state index contributed by atoms with van der Waals surface area (Å²) in [4.78, 5) is 12.6. The third-order valence-electron chi connectivity index (χ3n) is 4.42. The first-order valence-electron chi connectivity index (χ1n) is 9.25. The summed E-state index contributed by atoms with van der Waals surface area (Å²) in [6.45, 7) is 1.99. The summed E-state index contributed by atoms with van der Waals surface area (Å²) >= 11 is 12.2. The van der Waals surface area contributed by atoms with E-state index in [1.165, 1.54) is 12.4 Å². The summed E-state index contributed by atoms with van der Waals surface area (Å²) in [5.74, 6) is 0.349. The molecule has 3 rings (SSSR count). The topological polar surface area (TPSA) is 47.9 Å². The van der Waals surface area contributed by atoms with Crippen molar-refractivity contribution in [2.75, 3.05) is 0 Å². The minimum absolute atomic E-state index is 0.107. The van der Waals surface area contributed by atoms with Crippen molar-refractivity contribution in [3.05, 3.63) is 75.4 Å². The molecule has 0 bridgehead atoms. The van der Waals surface area contributed by atoms with Gasteiger partial charge in [-0.2, -0.15) is 13.2 Å². The number of halogens is 5. The highest BCUT2D eigenvalue weighted by molar-refractivity contribution is 6.32. The number of pyridine rings is 1. The number of nitrogens with zero attached hydrogens (tertiary/aromatic N) is 3. The lowest BCUT2D eigenvalue weighted by molar-refractivity contribution is -0.137. The Kier molecular flexibility index (Phi) is 7.15. The van der Waals surface area contributed by atoms with Crippen molar-refractivity contribution in [1.29, 1.82) is 0 Å². The minimum Gasteiger partial charge on any atom is -0.437 e. The summed E-state index contributed by atoms with van der Waals surface area (Å²) in [7, 11) is 0. The number of aromatic nitrogens is 3. The molecule has 30 heavy (non-hydrogen) atoms. The van der Waals surface area contributed by atoms with Gasteiger partial charge in [0.15, 0.2) is 0 Å². The van der Waals surface area contributed by atoms with Crippen molar-refractivity contribution >= 4 is 23.2 Å². The van der Waals surface area contributed by atoms with Gasteiger partial charge in [0.1, 0.15) is 12.1 Å². The molecule has 4 nitrogen and oxygen atoms in total. The Bertz CT molecular complexity index is 1010. The number of ether oxygens (including phenoxy) is 1. The predicted octanol–water partition coefficient (Wildman–Crippen LogP) is 6.73. The average molecular weight is 456 g/mol. The van der Waals surface area contributed by atoms with Crippen LogP contribution in [0.2, 0.25) is 10.0 Å². The minimum atomic E-state index is -4.46. The van der Waals surface area contributed by atoms with Crippen molar-refractivity contribution in [3.8, 4) is 11.6 Å². The molecule has 158 valence electrons. The number of hydrogen-bond donors (Lipinski definition) is 0. The van der Waals surface area contributed by atoms with Crippen LogP contribution in [0.15, 0.2) is 42.9 Å². The molecule has 0 atom stereocenters. The Morgan fingerprint density at radius 1 is 0.967 bits per heavy atom. The predicted molar refractivity (Wildman–Crippen MR) is 109 cm³/mol. The maximum atomic E-state index is 12.7. The van der Waals surface area contributed by atoms with Crippen molar-refractivity contribution < 1.29 is 17.9 Å². The van der Waals surface area contributed by atoms with Crippen LogP contribution < -0.4 is 4.74 Å². The van der Waals surface area contributed by atoms with E-state index < -0.39 is 11.7 Å². The molecule has 0 spiro atoms. The summed E-state index contributed by atoms with van der Waals surface area (Å²) in [5, 5.41) is 0.485. The normalized spacial score (nSPS) is 11.5. The first-order chi connectivity index (χ1) is 14.3. The van der Waals surface area contributed by atoms with Gasteiger partial charge >= 0.3 is 6.18 Å². The van der Waals surface area contributed by atoms with Crippen LogP contribution in [-0.4, -0.2) is 15.0 Å². The lowest BCUT2D eigenvalue weighted by Crippen LogP contribution is -2.04. The van der Waals surface area contributed by atoms with E-state index in [1.54, 1.807) is 12.3 Å². The van der Waals surface area contributed by atoms with E-state index in [1.807, 2.05) is 13.0 Å². The average Bonchev–Trinajstić information content (AvgIpc) is 2.71. The van der Waals surface area contributed by atoms with Crippen molar-refractivity contribution in [3.63, 3.8) is 0 Å². The molecular weight excluding hydrogens is 438 g/mol. The second-order valence-electron chi connectivity index (χ2n) is 6.54. The Balaban J connectivity index is 1.58. The zero-order valence-corrected chi connectivity index (χ0v) is 17.5. The van der Waals surface area contributed by atoms with Gasteiger partial charge in [0.25, 0.3) is 0 Å². The fourth-order valence-electron chi connectivity index (χ4n) is 2.82. The third-order valence-corrected chi connectivity index (χ3v) is 5.15. The molecule has 0 aliphatic carbocycles. The van der Waals surface area contributed by atoms with Crippen LogP contribution in [0.3, 0.4) is 0 Å². The quantitative estimate of drug-likeness (QED) is 0.396. The van der Waals surface area contributed by atoms with Gasteiger partial charge in [-0.15, -0.1) is 0 Å². The monoisotopic (exact) mass is 455 g/mol.